The Balaban J connectivity index is 1.09. The van der Waals surface area contributed by atoms with Crippen molar-refractivity contribution >= 4 is 52.9 Å². The maximum absolute atomic E-state index is 14.5. The Morgan fingerprint density at radius 2 is 1.45 bits per heavy atom. The minimum absolute atomic E-state index is 0.0213. The van der Waals surface area contributed by atoms with Gasteiger partial charge in [-0.25, -0.2) is 5.06 Å². The number of hydrogen-bond acceptors (Lipinski definition) is 13. The Kier molecular flexibility index (Phi) is 27.5. The van der Waals surface area contributed by atoms with E-state index in [1.54, 1.807) is 19.3 Å². The van der Waals surface area contributed by atoms with Crippen LogP contribution in [0.25, 0.3) is 0 Å². The summed E-state index contributed by atoms with van der Waals surface area (Å²) in [6.07, 6.45) is 11.4. The van der Waals surface area contributed by atoms with Crippen LogP contribution < -0.4 is 16.2 Å². The lowest BCUT2D eigenvalue weighted by molar-refractivity contribution is -0.203. The SMILES string of the molecule is CCC(C)C(CC(C)CC(=O)C(NC(=O)C(C(C)C)N(C)CCCC(=O)NNC(=O)CCCCCN1C(=O)C=CC1=O)C(C)C)C(CC(=O)N1CCCC1C(OC)C(C)C(=O)CCCC1(C(=O)N2CCCCO2)CC1c1ccccc1)OC. The first-order valence-corrected chi connectivity index (χ1v) is 31.1. The van der Waals surface area contributed by atoms with Gasteiger partial charge < -0.3 is 19.7 Å². The first kappa shape index (κ1) is 68.4. The molecule has 0 radical (unpaired) electrons. The largest absolute Gasteiger partial charge is 0.381 e. The molecule has 83 heavy (non-hydrogen) atoms. The normalized spacial score (nSPS) is 21.8. The number of likely N-dealkylation sites (N-methyl/N-ethyl adjacent to an activating group) is 1. The summed E-state index contributed by atoms with van der Waals surface area (Å²) in [5.74, 6) is -2.34. The Labute approximate surface area is 494 Å². The molecular formula is C64H101N7O12. The molecule has 19 nitrogen and oxygen atoms in total. The lowest BCUT2D eigenvalue weighted by Gasteiger charge is -2.37. The molecule has 0 aromatic heterocycles. The molecule has 1 aliphatic carbocycles. The van der Waals surface area contributed by atoms with E-state index in [0.717, 1.165) is 37.7 Å². The van der Waals surface area contributed by atoms with Crippen LogP contribution in [0.4, 0.5) is 0 Å². The van der Waals surface area contributed by atoms with Crippen molar-refractivity contribution in [1.29, 1.82) is 0 Å². The predicted molar refractivity (Wildman–Crippen MR) is 316 cm³/mol. The number of methoxy groups -OCH3 is 2. The van der Waals surface area contributed by atoms with Crippen molar-refractivity contribution in [3.63, 3.8) is 0 Å². The van der Waals surface area contributed by atoms with Crippen LogP contribution in [0, 0.1) is 40.9 Å². The van der Waals surface area contributed by atoms with Crippen molar-refractivity contribution in [2.45, 2.75) is 207 Å². The molecule has 2 saturated heterocycles. The molecule has 1 aromatic carbocycles. The van der Waals surface area contributed by atoms with E-state index in [-0.39, 0.29) is 120 Å². The van der Waals surface area contributed by atoms with Crippen LogP contribution in [-0.4, -0.2) is 157 Å². The second-order valence-corrected chi connectivity index (χ2v) is 25.0. The highest BCUT2D eigenvalue weighted by molar-refractivity contribution is 6.12. The molecule has 1 saturated carbocycles. The molecule has 11 unspecified atom stereocenters. The Morgan fingerprint density at radius 3 is 2.05 bits per heavy atom. The van der Waals surface area contributed by atoms with Crippen molar-refractivity contribution in [2.75, 3.05) is 54.1 Å². The van der Waals surface area contributed by atoms with Crippen LogP contribution >= 0.6 is 0 Å². The average Bonchev–Trinajstić information content (AvgIpc) is 1.86. The highest BCUT2D eigenvalue weighted by Crippen LogP contribution is 2.63. The summed E-state index contributed by atoms with van der Waals surface area (Å²) in [7, 11) is 5.08. The summed E-state index contributed by atoms with van der Waals surface area (Å²) in [4.78, 5) is 130. The minimum Gasteiger partial charge on any atom is -0.381 e. The molecule has 19 heteroatoms. The van der Waals surface area contributed by atoms with Gasteiger partial charge in [-0.2, -0.15) is 0 Å². The summed E-state index contributed by atoms with van der Waals surface area (Å²) >= 11 is 0. The van der Waals surface area contributed by atoms with Crippen molar-refractivity contribution in [3.05, 3.63) is 48.0 Å². The quantitative estimate of drug-likeness (QED) is 0.0333. The smallest absolute Gasteiger partial charge is 0.253 e. The number of likely N-dealkylation sites (tertiary alicyclic amines) is 1. The van der Waals surface area contributed by atoms with Gasteiger partial charge in [0.1, 0.15) is 5.78 Å². The van der Waals surface area contributed by atoms with Gasteiger partial charge in [0.2, 0.25) is 23.6 Å². The zero-order valence-electron chi connectivity index (χ0n) is 51.9. The van der Waals surface area contributed by atoms with E-state index in [9.17, 15) is 43.2 Å². The number of Topliss-reactive ketones (excluding diaryl/α,β-unsaturated/α-hetero) is 2. The van der Waals surface area contributed by atoms with Gasteiger partial charge in [-0.3, -0.25) is 68.6 Å². The van der Waals surface area contributed by atoms with Gasteiger partial charge in [0.25, 0.3) is 17.7 Å². The third kappa shape index (κ3) is 19.3. The number of imide groups is 1. The fourth-order valence-electron chi connectivity index (χ4n) is 13.1. The number of amides is 7. The molecule has 7 amide bonds. The van der Waals surface area contributed by atoms with E-state index in [1.165, 1.54) is 17.1 Å². The first-order chi connectivity index (χ1) is 39.6. The number of hydrogen-bond donors (Lipinski definition) is 3. The molecule has 0 bridgehead atoms. The van der Waals surface area contributed by atoms with Crippen molar-refractivity contribution < 1.29 is 57.5 Å². The van der Waals surface area contributed by atoms with E-state index < -0.39 is 35.6 Å². The number of hydroxylamine groups is 2. The van der Waals surface area contributed by atoms with Crippen LogP contribution in [0.3, 0.4) is 0 Å². The fourth-order valence-corrected chi connectivity index (χ4v) is 13.1. The maximum Gasteiger partial charge on any atom is 0.253 e. The van der Waals surface area contributed by atoms with E-state index >= 15 is 0 Å². The van der Waals surface area contributed by atoms with Gasteiger partial charge in [0, 0.05) is 77.6 Å². The monoisotopic (exact) mass is 1160 g/mol. The molecule has 3 aliphatic heterocycles. The van der Waals surface area contributed by atoms with Gasteiger partial charge in [-0.1, -0.05) is 98.6 Å². The third-order valence-corrected chi connectivity index (χ3v) is 18.1. The summed E-state index contributed by atoms with van der Waals surface area (Å²) in [5.41, 5.74) is 5.43. The molecule has 3 heterocycles. The van der Waals surface area contributed by atoms with Gasteiger partial charge >= 0.3 is 0 Å². The van der Waals surface area contributed by atoms with Crippen LogP contribution in [0.15, 0.2) is 42.5 Å². The van der Waals surface area contributed by atoms with Crippen LogP contribution in [-0.2, 0) is 57.5 Å². The van der Waals surface area contributed by atoms with Gasteiger partial charge in [-0.05, 0) is 125 Å². The lowest BCUT2D eigenvalue weighted by atomic mass is 9.77. The number of ketones is 2. The summed E-state index contributed by atoms with van der Waals surface area (Å²) < 4.78 is 12.3. The fraction of sp³-hybridized carbons (Fsp3) is 0.734. The van der Waals surface area contributed by atoms with Crippen LogP contribution in [0.1, 0.15) is 182 Å². The zero-order chi connectivity index (χ0) is 61.0. The Bertz CT molecular complexity index is 2340. The van der Waals surface area contributed by atoms with E-state index in [0.29, 0.717) is 90.6 Å². The third-order valence-electron chi connectivity index (χ3n) is 18.1. The number of hydrazine groups is 1. The summed E-state index contributed by atoms with van der Waals surface area (Å²) in [6.45, 7) is 18.3. The molecule has 0 spiro atoms. The number of carbonyl (C=O) groups is 9. The number of rotatable bonds is 36. The molecule has 1 aromatic rings. The summed E-state index contributed by atoms with van der Waals surface area (Å²) in [5, 5.41) is 4.66. The van der Waals surface area contributed by atoms with E-state index in [4.69, 9.17) is 14.3 Å². The molecule has 3 N–H and O–H groups in total. The molecular weight excluding hydrogens is 1060 g/mol. The van der Waals surface area contributed by atoms with Crippen LogP contribution in [0.5, 0.6) is 0 Å². The summed E-state index contributed by atoms with van der Waals surface area (Å²) in [6, 6.07) is 8.55. The average molecular weight is 1160 g/mol. The van der Waals surface area contributed by atoms with E-state index in [1.807, 2.05) is 76.6 Å². The second kappa shape index (κ2) is 33.4. The molecule has 3 fully saturated rings. The second-order valence-electron chi connectivity index (χ2n) is 25.0. The number of carbonyl (C=O) groups excluding carboxylic acids is 9. The highest BCUT2D eigenvalue weighted by Gasteiger charge is 2.61. The first-order valence-electron chi connectivity index (χ1n) is 31.1. The lowest BCUT2D eigenvalue weighted by Crippen LogP contribution is -2.54. The Hall–Kier alpha value is -5.37. The van der Waals surface area contributed by atoms with Crippen molar-refractivity contribution in [3.8, 4) is 0 Å². The Morgan fingerprint density at radius 1 is 0.771 bits per heavy atom. The highest BCUT2D eigenvalue weighted by atomic mass is 16.7. The van der Waals surface area contributed by atoms with Gasteiger partial charge in [0.05, 0.1) is 48.8 Å². The number of benzene rings is 1. The molecule has 464 valence electrons. The van der Waals surface area contributed by atoms with E-state index in [2.05, 4.69) is 42.1 Å². The minimum atomic E-state index is -0.729. The number of nitrogens with one attached hydrogen (secondary N) is 3. The topological polar surface area (TPSA) is 230 Å². The zero-order valence-corrected chi connectivity index (χ0v) is 51.9. The standard InChI is InChI=1S/C64H101N7O12/c1-12-45(7)48(38-44(6)39-52(73)59(42(2)3)65-62(79)60(43(4)5)68(9)33-23-29-55(75)67-66-54(74)28-17-14-18-34-70-56(76)30-31-57(70)77)53(81-10)40-58(78)69-35-22-26-50(69)61(82-11)46(8)51(72)27-21-32-64(63(80)71-36-19-20-37-83-71)41-49(64)47-24-15-13-16-25-47/h13,15-16,24-25,30-31,42-46,48-50,53,59-61H,12,14,17-23,26-29,32-41H2,1-11H3,(H,65,79)(H,66,74)(H,67,75). The number of ether oxygens (including phenoxy) is 2. The number of nitrogens with zero attached hydrogens (tertiary/aromatic N) is 4. The van der Waals surface area contributed by atoms with Crippen molar-refractivity contribution in [2.24, 2.45) is 40.9 Å². The van der Waals surface area contributed by atoms with Gasteiger partial charge in [0.15, 0.2) is 5.78 Å². The molecule has 11 atom stereocenters. The van der Waals surface area contributed by atoms with Crippen molar-refractivity contribution in [1.82, 2.24) is 35.9 Å². The van der Waals surface area contributed by atoms with Gasteiger partial charge in [-0.15, -0.1) is 0 Å². The maximum atomic E-state index is 14.5. The van der Waals surface area contributed by atoms with Crippen LogP contribution in [0.2, 0.25) is 0 Å². The molecule has 4 aliphatic rings. The predicted octanol–water partition coefficient (Wildman–Crippen LogP) is 7.66. The number of unbranched alkanes of at least 4 members (excludes halogenated alkanes) is 2. The molecule has 5 rings (SSSR count).